The molecular weight excluding hydrogens is 341 g/mol. The number of rotatable bonds is 9. The molecule has 0 saturated heterocycles. The van der Waals surface area contributed by atoms with Crippen molar-refractivity contribution in [3.8, 4) is 11.5 Å². The van der Waals surface area contributed by atoms with Crippen LogP contribution in [0.15, 0.2) is 48.5 Å². The van der Waals surface area contributed by atoms with Gasteiger partial charge in [0.25, 0.3) is 5.91 Å². The molecule has 0 aliphatic carbocycles. The fraction of sp³-hybridized carbons (Fsp3) is 0.316. The first kappa shape index (κ1) is 19.1. The number of ether oxygens (including phenoxy) is 2. The summed E-state index contributed by atoms with van der Waals surface area (Å²) in [6.45, 7) is 2.21. The van der Waals surface area contributed by atoms with Gasteiger partial charge in [-0.3, -0.25) is 4.79 Å². The van der Waals surface area contributed by atoms with Crippen molar-refractivity contribution < 1.29 is 18.7 Å². The Kier molecular flexibility index (Phi) is 7.60. The lowest BCUT2D eigenvalue weighted by Gasteiger charge is -2.15. The molecule has 6 heteroatoms. The monoisotopic (exact) mass is 363 g/mol. The Hall–Kier alpha value is -2.21. The van der Waals surface area contributed by atoms with Crippen LogP contribution in [0.5, 0.6) is 11.5 Å². The lowest BCUT2D eigenvalue weighted by molar-refractivity contribution is -0.127. The molecule has 0 spiro atoms. The normalized spacial score (nSPS) is 11.6. The maximum atomic E-state index is 13.5. The first-order valence-corrected chi connectivity index (χ1v) is 9.15. The molecule has 1 N–H and O–H groups in total. The second-order valence-electron chi connectivity index (χ2n) is 5.37. The predicted molar refractivity (Wildman–Crippen MR) is 98.7 cm³/mol. The molecule has 0 heterocycles. The average molecular weight is 363 g/mol. The van der Waals surface area contributed by atoms with Gasteiger partial charge in [-0.25, -0.2) is 4.39 Å². The van der Waals surface area contributed by atoms with E-state index in [0.717, 1.165) is 5.75 Å². The van der Waals surface area contributed by atoms with Crippen LogP contribution in [0.3, 0.4) is 0 Å². The smallest absolute Gasteiger partial charge is 0.260 e. The Labute approximate surface area is 151 Å². The maximum Gasteiger partial charge on any atom is 0.260 e. The molecule has 0 fully saturated rings. The highest BCUT2D eigenvalue weighted by Crippen LogP contribution is 2.18. The Balaban J connectivity index is 1.66. The third kappa shape index (κ3) is 6.31. The number of carbonyl (C=O) groups is 1. The molecule has 2 aromatic carbocycles. The van der Waals surface area contributed by atoms with E-state index in [1.165, 1.54) is 6.07 Å². The van der Waals surface area contributed by atoms with Crippen LogP contribution < -0.4 is 14.8 Å². The zero-order chi connectivity index (χ0) is 18.1. The summed E-state index contributed by atoms with van der Waals surface area (Å²) >= 11 is 1.57. The van der Waals surface area contributed by atoms with Gasteiger partial charge >= 0.3 is 0 Å². The van der Waals surface area contributed by atoms with Gasteiger partial charge in [0.05, 0.1) is 7.11 Å². The largest absolute Gasteiger partial charge is 0.497 e. The quantitative estimate of drug-likeness (QED) is 0.691. The topological polar surface area (TPSA) is 47.6 Å². The maximum absolute atomic E-state index is 13.5. The number of halogens is 1. The van der Waals surface area contributed by atoms with Crippen LogP contribution >= 0.6 is 11.8 Å². The number of nitrogens with one attached hydrogen (secondary N) is 1. The van der Waals surface area contributed by atoms with Crippen LogP contribution in [0.2, 0.25) is 0 Å². The van der Waals surface area contributed by atoms with E-state index in [-0.39, 0.29) is 11.7 Å². The lowest BCUT2D eigenvalue weighted by Crippen LogP contribution is -2.37. The summed E-state index contributed by atoms with van der Waals surface area (Å²) in [5.74, 6) is 2.26. The number of amides is 1. The Morgan fingerprint density at radius 2 is 1.84 bits per heavy atom. The summed E-state index contributed by atoms with van der Waals surface area (Å²) in [5.41, 5.74) is 0.676. The molecule has 0 unspecified atom stereocenters. The summed E-state index contributed by atoms with van der Waals surface area (Å²) < 4.78 is 24.2. The standard InChI is InChI=1S/C19H22FNO3S/c1-14(24-17-9-7-16(23-2)8-10-17)19(22)21-11-12-25-13-15-5-3-4-6-18(15)20/h3-10,14H,11-13H2,1-2H3,(H,21,22)/t14-/m0/s1. The second kappa shape index (κ2) is 9.93. The van der Waals surface area contributed by atoms with Crippen molar-refractivity contribution in [1.82, 2.24) is 5.32 Å². The van der Waals surface area contributed by atoms with E-state index in [0.29, 0.717) is 29.4 Å². The summed E-state index contributed by atoms with van der Waals surface area (Å²) in [6.07, 6.45) is -0.593. The molecular formula is C19H22FNO3S. The van der Waals surface area contributed by atoms with E-state index in [1.54, 1.807) is 62.2 Å². The summed E-state index contributed by atoms with van der Waals surface area (Å²) in [5, 5.41) is 2.82. The molecule has 4 nitrogen and oxygen atoms in total. The van der Waals surface area contributed by atoms with Crippen LogP contribution in [-0.2, 0) is 10.5 Å². The highest BCUT2D eigenvalue weighted by Gasteiger charge is 2.14. The lowest BCUT2D eigenvalue weighted by atomic mass is 10.2. The fourth-order valence-electron chi connectivity index (χ4n) is 2.10. The van der Waals surface area contributed by atoms with Gasteiger partial charge in [0.1, 0.15) is 17.3 Å². The Bertz CT molecular complexity index is 679. The molecule has 0 bridgehead atoms. The highest BCUT2D eigenvalue weighted by molar-refractivity contribution is 7.98. The number of benzene rings is 2. The van der Waals surface area contributed by atoms with Crippen molar-refractivity contribution in [2.75, 3.05) is 19.4 Å². The van der Waals surface area contributed by atoms with Crippen LogP contribution in [0.1, 0.15) is 12.5 Å². The molecule has 0 radical (unpaired) electrons. The zero-order valence-corrected chi connectivity index (χ0v) is 15.1. The van der Waals surface area contributed by atoms with E-state index in [9.17, 15) is 9.18 Å². The van der Waals surface area contributed by atoms with E-state index in [4.69, 9.17) is 9.47 Å². The van der Waals surface area contributed by atoms with Crippen molar-refractivity contribution >= 4 is 17.7 Å². The fourth-order valence-corrected chi connectivity index (χ4v) is 2.94. The summed E-state index contributed by atoms with van der Waals surface area (Å²) in [7, 11) is 1.59. The van der Waals surface area contributed by atoms with Gasteiger partial charge in [0.15, 0.2) is 6.10 Å². The molecule has 1 atom stereocenters. The van der Waals surface area contributed by atoms with Gasteiger partial charge in [0, 0.05) is 18.1 Å². The van der Waals surface area contributed by atoms with Gasteiger partial charge in [-0.15, -0.1) is 0 Å². The average Bonchev–Trinajstić information content (AvgIpc) is 2.63. The molecule has 25 heavy (non-hydrogen) atoms. The second-order valence-corrected chi connectivity index (χ2v) is 6.48. The minimum absolute atomic E-state index is 0.178. The van der Waals surface area contributed by atoms with E-state index in [2.05, 4.69) is 5.32 Å². The van der Waals surface area contributed by atoms with E-state index in [1.807, 2.05) is 6.07 Å². The third-order valence-corrected chi connectivity index (χ3v) is 4.51. The Morgan fingerprint density at radius 3 is 2.52 bits per heavy atom. The van der Waals surface area contributed by atoms with Crippen molar-refractivity contribution in [2.24, 2.45) is 0 Å². The van der Waals surface area contributed by atoms with Crippen LogP contribution in [0.4, 0.5) is 4.39 Å². The van der Waals surface area contributed by atoms with Gasteiger partial charge in [0.2, 0.25) is 0 Å². The van der Waals surface area contributed by atoms with Gasteiger partial charge < -0.3 is 14.8 Å². The van der Waals surface area contributed by atoms with Crippen LogP contribution in [0.25, 0.3) is 0 Å². The minimum atomic E-state index is -0.593. The van der Waals surface area contributed by atoms with Crippen LogP contribution in [-0.4, -0.2) is 31.4 Å². The molecule has 134 valence electrons. The molecule has 2 rings (SSSR count). The van der Waals surface area contributed by atoms with Crippen molar-refractivity contribution in [1.29, 1.82) is 0 Å². The molecule has 1 amide bonds. The van der Waals surface area contributed by atoms with Crippen molar-refractivity contribution in [3.05, 3.63) is 59.9 Å². The zero-order valence-electron chi connectivity index (χ0n) is 14.3. The first-order chi connectivity index (χ1) is 12.1. The van der Waals surface area contributed by atoms with Gasteiger partial charge in [-0.2, -0.15) is 11.8 Å². The molecule has 0 aliphatic rings. The van der Waals surface area contributed by atoms with Gasteiger partial charge in [-0.05, 0) is 42.8 Å². The molecule has 0 aliphatic heterocycles. The molecule has 2 aromatic rings. The van der Waals surface area contributed by atoms with E-state index >= 15 is 0 Å². The number of carbonyl (C=O) groups excluding carboxylic acids is 1. The Morgan fingerprint density at radius 1 is 1.16 bits per heavy atom. The van der Waals surface area contributed by atoms with Crippen molar-refractivity contribution in [3.63, 3.8) is 0 Å². The first-order valence-electron chi connectivity index (χ1n) is 7.99. The van der Waals surface area contributed by atoms with Crippen molar-refractivity contribution in [2.45, 2.75) is 18.8 Å². The summed E-state index contributed by atoms with van der Waals surface area (Å²) in [6, 6.07) is 13.8. The minimum Gasteiger partial charge on any atom is -0.497 e. The number of methoxy groups -OCH3 is 1. The van der Waals surface area contributed by atoms with Crippen LogP contribution in [0, 0.1) is 5.82 Å². The SMILES string of the molecule is COc1ccc(O[C@@H](C)C(=O)NCCSCc2ccccc2F)cc1. The number of thioether (sulfide) groups is 1. The predicted octanol–water partition coefficient (Wildman–Crippen LogP) is 3.65. The number of hydrogen-bond acceptors (Lipinski definition) is 4. The molecule has 0 aromatic heterocycles. The third-order valence-electron chi connectivity index (χ3n) is 3.50. The highest BCUT2D eigenvalue weighted by atomic mass is 32.2. The molecule has 0 saturated carbocycles. The van der Waals surface area contributed by atoms with Gasteiger partial charge in [-0.1, -0.05) is 18.2 Å². The van der Waals surface area contributed by atoms with E-state index < -0.39 is 6.10 Å². The number of hydrogen-bond donors (Lipinski definition) is 1. The summed E-state index contributed by atoms with van der Waals surface area (Å²) in [4.78, 5) is 12.0.